The molecule has 1 heterocycles. The van der Waals surface area contributed by atoms with Crippen molar-refractivity contribution in [3.63, 3.8) is 0 Å². The van der Waals surface area contributed by atoms with E-state index >= 15 is 0 Å². The maximum absolute atomic E-state index is 12.9. The number of H-pyrrole nitrogens is 1. The van der Waals surface area contributed by atoms with Crippen molar-refractivity contribution in [1.29, 1.82) is 0 Å². The fraction of sp³-hybridized carbons (Fsp3) is 0.579. The van der Waals surface area contributed by atoms with Crippen LogP contribution in [0.2, 0.25) is 0 Å². The Morgan fingerprint density at radius 1 is 1.03 bits per heavy atom. The number of aromatic amines is 1. The Balaban J connectivity index is 2.97. The molecule has 4 atom stereocenters. The van der Waals surface area contributed by atoms with E-state index in [1.165, 1.54) is 12.5 Å². The van der Waals surface area contributed by atoms with Gasteiger partial charge in [0.2, 0.25) is 23.6 Å². The Kier molecular flexibility index (Phi) is 12.6. The van der Waals surface area contributed by atoms with E-state index < -0.39 is 60.2 Å². The second-order valence-electron chi connectivity index (χ2n) is 7.55. The number of aromatic nitrogens is 2. The first-order valence-corrected chi connectivity index (χ1v) is 11.2. The average Bonchev–Trinajstić information content (AvgIpc) is 3.28. The van der Waals surface area contributed by atoms with E-state index in [1.54, 1.807) is 0 Å². The van der Waals surface area contributed by atoms with Gasteiger partial charge in [0.1, 0.15) is 18.1 Å². The Labute approximate surface area is 201 Å². The lowest BCUT2D eigenvalue weighted by Crippen LogP contribution is -2.58. The third-order valence-electron chi connectivity index (χ3n) is 4.75. The van der Waals surface area contributed by atoms with E-state index in [1.807, 2.05) is 0 Å². The highest BCUT2D eigenvalue weighted by Crippen LogP contribution is 2.04. The lowest BCUT2D eigenvalue weighted by molar-refractivity contribution is -0.141. The van der Waals surface area contributed by atoms with Gasteiger partial charge in [-0.3, -0.25) is 19.2 Å². The number of carboxylic acids is 1. The lowest BCUT2D eigenvalue weighted by atomic mass is 10.1. The summed E-state index contributed by atoms with van der Waals surface area (Å²) < 4.78 is 0. The maximum atomic E-state index is 12.9. The van der Waals surface area contributed by atoms with Gasteiger partial charge in [-0.25, -0.2) is 9.78 Å². The minimum Gasteiger partial charge on any atom is -0.480 e. The van der Waals surface area contributed by atoms with Crippen LogP contribution >= 0.6 is 12.6 Å². The van der Waals surface area contributed by atoms with Crippen LogP contribution in [-0.2, 0) is 30.4 Å². The Morgan fingerprint density at radius 3 is 2.18 bits per heavy atom. The number of carboxylic acid groups (broad SMARTS) is 1. The van der Waals surface area contributed by atoms with Gasteiger partial charge >= 0.3 is 5.97 Å². The molecule has 1 aromatic rings. The topological polar surface area (TPSA) is 248 Å². The third kappa shape index (κ3) is 10.2. The summed E-state index contributed by atoms with van der Waals surface area (Å²) in [6, 6.07) is -4.90. The molecule has 0 radical (unpaired) electrons. The monoisotopic (exact) mass is 500 g/mol. The van der Waals surface area contributed by atoms with Gasteiger partial charge in [-0.15, -0.1) is 0 Å². The number of unbranched alkanes of at least 4 members (excludes halogenated alkanes) is 1. The van der Waals surface area contributed by atoms with Crippen molar-refractivity contribution in [2.24, 2.45) is 17.2 Å². The van der Waals surface area contributed by atoms with Gasteiger partial charge < -0.3 is 43.2 Å². The molecular formula is C19H32N8O6S. The smallest absolute Gasteiger partial charge is 0.327 e. The lowest BCUT2D eigenvalue weighted by Gasteiger charge is -2.24. The summed E-state index contributed by atoms with van der Waals surface area (Å²) >= 11 is 3.90. The number of carbonyl (C=O) groups is 5. The Bertz CT molecular complexity index is 837. The minimum absolute atomic E-state index is 0.0771. The molecule has 4 amide bonds. The third-order valence-corrected chi connectivity index (χ3v) is 5.12. The quantitative estimate of drug-likeness (QED) is 0.0815. The highest BCUT2D eigenvalue weighted by Gasteiger charge is 2.31. The maximum Gasteiger partial charge on any atom is 0.327 e. The van der Waals surface area contributed by atoms with Gasteiger partial charge in [-0.2, -0.15) is 12.6 Å². The number of imidazole rings is 1. The molecule has 11 N–H and O–H groups in total. The fourth-order valence-electron chi connectivity index (χ4n) is 2.88. The zero-order chi connectivity index (χ0) is 25.7. The van der Waals surface area contributed by atoms with E-state index in [0.29, 0.717) is 31.5 Å². The van der Waals surface area contributed by atoms with Gasteiger partial charge in [0.25, 0.3) is 0 Å². The summed E-state index contributed by atoms with van der Waals surface area (Å²) in [5.41, 5.74) is 16.9. The largest absolute Gasteiger partial charge is 0.480 e. The number of carbonyl (C=O) groups excluding carboxylic acids is 4. The van der Waals surface area contributed by atoms with Crippen molar-refractivity contribution in [3.05, 3.63) is 18.2 Å². The molecule has 1 rings (SSSR count). The van der Waals surface area contributed by atoms with Crippen LogP contribution in [0.5, 0.6) is 0 Å². The summed E-state index contributed by atoms with van der Waals surface area (Å²) in [5, 5.41) is 16.3. The van der Waals surface area contributed by atoms with E-state index in [0.717, 1.165) is 0 Å². The standard InChI is InChI=1S/C19H32N8O6S/c20-4-2-1-3-11(21)16(29)25-13(6-15(22)28)18(31)26-12(5-10-7-23-9-24-10)17(30)27-14(8-34)19(32)33/h7,9,11-14,34H,1-6,8,20-21H2,(H2,22,28)(H,23,24)(H,25,29)(H,26,31)(H,27,30)(H,32,33). The van der Waals surface area contributed by atoms with Crippen molar-refractivity contribution < 1.29 is 29.1 Å². The molecule has 34 heavy (non-hydrogen) atoms. The summed E-state index contributed by atoms with van der Waals surface area (Å²) in [4.78, 5) is 67.4. The van der Waals surface area contributed by atoms with Crippen molar-refractivity contribution in [2.75, 3.05) is 12.3 Å². The highest BCUT2D eigenvalue weighted by atomic mass is 32.1. The molecule has 1 aromatic heterocycles. The number of hydrogen-bond donors (Lipinski definition) is 9. The molecule has 0 saturated carbocycles. The SMILES string of the molecule is NCCCCC(N)C(=O)NC(CC(N)=O)C(=O)NC(Cc1cnc[nH]1)C(=O)NC(CS)C(=O)O. The number of nitrogens with one attached hydrogen (secondary N) is 4. The normalized spacial score (nSPS) is 14.3. The predicted octanol–water partition coefficient (Wildman–Crippen LogP) is -3.25. The van der Waals surface area contributed by atoms with E-state index in [9.17, 15) is 29.1 Å². The summed E-state index contributed by atoms with van der Waals surface area (Å²) in [5.74, 6) is -4.72. The van der Waals surface area contributed by atoms with E-state index in [4.69, 9.17) is 17.2 Å². The number of amides is 4. The fourth-order valence-corrected chi connectivity index (χ4v) is 3.13. The van der Waals surface area contributed by atoms with E-state index in [2.05, 4.69) is 38.5 Å². The molecule has 0 aliphatic heterocycles. The van der Waals surface area contributed by atoms with Crippen molar-refractivity contribution in [1.82, 2.24) is 25.9 Å². The van der Waals surface area contributed by atoms with Crippen LogP contribution in [-0.4, -0.2) is 81.1 Å². The van der Waals surface area contributed by atoms with Crippen LogP contribution in [0.3, 0.4) is 0 Å². The summed E-state index contributed by atoms with van der Waals surface area (Å²) in [6.45, 7) is 0.441. The van der Waals surface area contributed by atoms with Crippen LogP contribution in [0, 0.1) is 0 Å². The number of nitrogens with two attached hydrogens (primary N) is 3. The number of aliphatic carboxylic acids is 1. The van der Waals surface area contributed by atoms with Crippen LogP contribution in [0.4, 0.5) is 0 Å². The number of nitrogens with zero attached hydrogens (tertiary/aromatic N) is 1. The highest BCUT2D eigenvalue weighted by molar-refractivity contribution is 7.80. The van der Waals surface area contributed by atoms with Gasteiger partial charge in [0, 0.05) is 24.1 Å². The zero-order valence-corrected chi connectivity index (χ0v) is 19.4. The molecule has 14 nitrogen and oxygen atoms in total. The second-order valence-corrected chi connectivity index (χ2v) is 7.91. The molecule has 0 aliphatic carbocycles. The molecule has 0 spiro atoms. The van der Waals surface area contributed by atoms with Gasteiger partial charge in [0.05, 0.1) is 18.8 Å². The molecule has 0 aliphatic rings. The molecule has 190 valence electrons. The van der Waals surface area contributed by atoms with Crippen LogP contribution < -0.4 is 33.2 Å². The second kappa shape index (κ2) is 14.9. The first kappa shape index (κ1) is 28.9. The first-order chi connectivity index (χ1) is 16.1. The average molecular weight is 501 g/mol. The number of hydrogen-bond acceptors (Lipinski definition) is 9. The Hall–Kier alpha value is -3.17. The van der Waals surface area contributed by atoms with Crippen molar-refractivity contribution >= 4 is 42.2 Å². The predicted molar refractivity (Wildman–Crippen MR) is 124 cm³/mol. The van der Waals surface area contributed by atoms with Crippen LogP contribution in [0.25, 0.3) is 0 Å². The zero-order valence-electron chi connectivity index (χ0n) is 18.5. The summed E-state index contributed by atoms with van der Waals surface area (Å²) in [7, 11) is 0. The van der Waals surface area contributed by atoms with Crippen LogP contribution in [0.1, 0.15) is 31.4 Å². The van der Waals surface area contributed by atoms with Crippen molar-refractivity contribution in [2.45, 2.75) is 56.3 Å². The number of primary amides is 1. The van der Waals surface area contributed by atoms with Crippen molar-refractivity contribution in [3.8, 4) is 0 Å². The van der Waals surface area contributed by atoms with Gasteiger partial charge in [-0.05, 0) is 19.4 Å². The van der Waals surface area contributed by atoms with Gasteiger partial charge in [0.15, 0.2) is 0 Å². The molecule has 0 aromatic carbocycles. The Morgan fingerprint density at radius 2 is 1.65 bits per heavy atom. The first-order valence-electron chi connectivity index (χ1n) is 10.5. The summed E-state index contributed by atoms with van der Waals surface area (Å²) in [6.07, 6.45) is 3.75. The molecular weight excluding hydrogens is 468 g/mol. The van der Waals surface area contributed by atoms with Gasteiger partial charge in [-0.1, -0.05) is 6.42 Å². The number of rotatable bonds is 16. The molecule has 0 saturated heterocycles. The van der Waals surface area contributed by atoms with E-state index in [-0.39, 0.29) is 12.2 Å². The van der Waals surface area contributed by atoms with Crippen LogP contribution in [0.15, 0.2) is 12.5 Å². The molecule has 15 heteroatoms. The minimum atomic E-state index is -1.40. The molecule has 0 fully saturated rings. The number of thiol groups is 1. The molecule has 0 bridgehead atoms. The molecule has 4 unspecified atom stereocenters.